The maximum Gasteiger partial charge on any atom is 0.0671 e. The average Bonchev–Trinajstić information content (AvgIpc) is 2.23. The van der Waals surface area contributed by atoms with Crippen molar-refractivity contribution < 1.29 is 9.84 Å². The Bertz CT molecular complexity index is 236. The third kappa shape index (κ3) is 4.57. The van der Waals surface area contributed by atoms with Gasteiger partial charge in [0.15, 0.2) is 0 Å². The Morgan fingerprint density at radius 2 is 2.06 bits per heavy atom. The van der Waals surface area contributed by atoms with Crippen molar-refractivity contribution in [2.45, 2.75) is 58.6 Å². The third-order valence-corrected chi connectivity index (χ3v) is 3.94. The van der Waals surface area contributed by atoms with Gasteiger partial charge in [0.1, 0.15) is 0 Å². The molecule has 0 aromatic heterocycles. The molecule has 3 nitrogen and oxygen atoms in total. The van der Waals surface area contributed by atoms with E-state index in [9.17, 15) is 5.11 Å². The molecule has 0 radical (unpaired) electrons. The molecule has 0 saturated heterocycles. The van der Waals surface area contributed by atoms with Crippen molar-refractivity contribution in [3.63, 3.8) is 0 Å². The molecule has 0 heterocycles. The minimum atomic E-state index is -0.315. The van der Waals surface area contributed by atoms with Crippen LogP contribution in [-0.2, 0) is 4.74 Å². The van der Waals surface area contributed by atoms with Crippen LogP contribution in [0.4, 0.5) is 0 Å². The summed E-state index contributed by atoms with van der Waals surface area (Å²) < 4.78 is 6.01. The molecule has 0 aliphatic heterocycles. The van der Waals surface area contributed by atoms with E-state index >= 15 is 0 Å². The minimum Gasteiger partial charge on any atom is -0.394 e. The van der Waals surface area contributed by atoms with Gasteiger partial charge in [-0.15, -0.1) is 0 Å². The molecule has 1 rings (SSSR count). The lowest BCUT2D eigenvalue weighted by Gasteiger charge is -2.40. The van der Waals surface area contributed by atoms with E-state index in [0.717, 1.165) is 18.8 Å². The second kappa shape index (κ2) is 5.68. The molecule has 1 fully saturated rings. The minimum absolute atomic E-state index is 0.106. The van der Waals surface area contributed by atoms with Crippen LogP contribution in [0, 0.1) is 11.3 Å². The summed E-state index contributed by atoms with van der Waals surface area (Å²) in [6.45, 7) is 9.62. The van der Waals surface area contributed by atoms with Crippen LogP contribution in [0.15, 0.2) is 0 Å². The quantitative estimate of drug-likeness (QED) is 0.778. The summed E-state index contributed by atoms with van der Waals surface area (Å²) in [6.07, 6.45) is 3.90. The molecule has 0 spiro atoms. The first-order chi connectivity index (χ1) is 7.80. The maximum absolute atomic E-state index is 9.33. The van der Waals surface area contributed by atoms with E-state index in [1.165, 1.54) is 6.42 Å². The molecule has 17 heavy (non-hydrogen) atoms. The highest BCUT2D eigenvalue weighted by molar-refractivity contribution is 4.86. The van der Waals surface area contributed by atoms with E-state index < -0.39 is 0 Å². The molecule has 3 unspecified atom stereocenters. The summed E-state index contributed by atoms with van der Waals surface area (Å²) >= 11 is 0. The van der Waals surface area contributed by atoms with Crippen molar-refractivity contribution in [3.05, 3.63) is 0 Å². The third-order valence-electron chi connectivity index (χ3n) is 3.94. The van der Waals surface area contributed by atoms with E-state index in [1.54, 1.807) is 0 Å². The number of ether oxygens (including phenoxy) is 1. The number of likely N-dealkylation sites (N-methyl/N-ethyl adjacent to an activating group) is 1. The van der Waals surface area contributed by atoms with E-state index in [4.69, 9.17) is 4.74 Å². The lowest BCUT2D eigenvalue weighted by molar-refractivity contribution is -0.0512. The van der Waals surface area contributed by atoms with E-state index in [-0.39, 0.29) is 12.1 Å². The van der Waals surface area contributed by atoms with Gasteiger partial charge in [-0.2, -0.15) is 0 Å². The second-order valence-electron chi connectivity index (χ2n) is 6.82. The SMILES string of the molecule is CNC(C)(CO)COC1CC(C)CC(C)(C)C1. The topological polar surface area (TPSA) is 41.5 Å². The first-order valence-corrected chi connectivity index (χ1v) is 6.72. The van der Waals surface area contributed by atoms with Gasteiger partial charge in [-0.3, -0.25) is 0 Å². The van der Waals surface area contributed by atoms with Crippen LogP contribution in [0.2, 0.25) is 0 Å². The zero-order valence-corrected chi connectivity index (χ0v) is 12.0. The highest BCUT2D eigenvalue weighted by atomic mass is 16.5. The molecule has 0 aromatic carbocycles. The lowest BCUT2D eigenvalue weighted by atomic mass is 9.71. The zero-order valence-electron chi connectivity index (χ0n) is 12.0. The largest absolute Gasteiger partial charge is 0.394 e. The summed E-state index contributed by atoms with van der Waals surface area (Å²) in [5.74, 6) is 0.735. The number of nitrogens with one attached hydrogen (secondary N) is 1. The van der Waals surface area contributed by atoms with E-state index in [1.807, 2.05) is 14.0 Å². The molecule has 0 amide bonds. The fourth-order valence-electron chi connectivity index (χ4n) is 2.88. The van der Waals surface area contributed by atoms with Gasteiger partial charge >= 0.3 is 0 Å². The van der Waals surface area contributed by atoms with Crippen molar-refractivity contribution >= 4 is 0 Å². The number of rotatable bonds is 5. The van der Waals surface area contributed by atoms with Crippen LogP contribution in [0.3, 0.4) is 0 Å². The van der Waals surface area contributed by atoms with Gasteiger partial charge in [0.2, 0.25) is 0 Å². The zero-order chi connectivity index (χ0) is 13.1. The van der Waals surface area contributed by atoms with Crippen molar-refractivity contribution in [2.75, 3.05) is 20.3 Å². The lowest BCUT2D eigenvalue weighted by Crippen LogP contribution is -2.49. The molecular formula is C14H29NO2. The first kappa shape index (κ1) is 14.9. The highest BCUT2D eigenvalue weighted by Gasteiger charge is 2.33. The summed E-state index contributed by atoms with van der Waals surface area (Å²) in [6, 6.07) is 0. The standard InChI is InChI=1S/C14H29NO2/c1-11-6-12(8-13(2,3)7-11)17-10-14(4,9-16)15-5/h11-12,15-16H,6-10H2,1-5H3. The molecule has 102 valence electrons. The Balaban J connectivity index is 2.46. The Hall–Kier alpha value is -0.120. The molecule has 3 atom stereocenters. The van der Waals surface area contributed by atoms with Crippen molar-refractivity contribution in [2.24, 2.45) is 11.3 Å². The van der Waals surface area contributed by atoms with E-state index in [0.29, 0.717) is 18.1 Å². The summed E-state index contributed by atoms with van der Waals surface area (Å²) in [7, 11) is 1.87. The molecule has 0 bridgehead atoms. The summed E-state index contributed by atoms with van der Waals surface area (Å²) in [5.41, 5.74) is 0.0718. The fraction of sp³-hybridized carbons (Fsp3) is 1.00. The smallest absolute Gasteiger partial charge is 0.0671 e. The number of aliphatic hydroxyl groups excluding tert-OH is 1. The molecule has 0 aromatic rings. The highest BCUT2D eigenvalue weighted by Crippen LogP contribution is 2.39. The predicted octanol–water partition coefficient (Wildman–Crippen LogP) is 2.19. The van der Waals surface area contributed by atoms with Crippen LogP contribution < -0.4 is 5.32 Å². The van der Waals surface area contributed by atoms with Gasteiger partial charge < -0.3 is 15.2 Å². The van der Waals surface area contributed by atoms with Crippen LogP contribution in [0.5, 0.6) is 0 Å². The Labute approximate surface area is 106 Å². The monoisotopic (exact) mass is 243 g/mol. The van der Waals surface area contributed by atoms with E-state index in [2.05, 4.69) is 26.1 Å². The van der Waals surface area contributed by atoms with Gasteiger partial charge in [-0.25, -0.2) is 0 Å². The Kier molecular flexibility index (Phi) is 4.99. The normalized spacial score (nSPS) is 32.1. The van der Waals surface area contributed by atoms with Crippen LogP contribution in [0.1, 0.15) is 47.0 Å². The first-order valence-electron chi connectivity index (χ1n) is 6.72. The Morgan fingerprint density at radius 1 is 1.41 bits per heavy atom. The van der Waals surface area contributed by atoms with Gasteiger partial charge in [0.25, 0.3) is 0 Å². The number of aliphatic hydroxyl groups is 1. The summed E-state index contributed by atoms with van der Waals surface area (Å²) in [4.78, 5) is 0. The van der Waals surface area contributed by atoms with Crippen molar-refractivity contribution in [1.82, 2.24) is 5.32 Å². The molecule has 1 saturated carbocycles. The van der Waals surface area contributed by atoms with Gasteiger partial charge in [0.05, 0.1) is 24.9 Å². The predicted molar refractivity (Wildman–Crippen MR) is 71.1 cm³/mol. The van der Waals surface area contributed by atoms with Crippen molar-refractivity contribution in [1.29, 1.82) is 0 Å². The number of hydrogen-bond acceptors (Lipinski definition) is 3. The number of hydrogen-bond donors (Lipinski definition) is 2. The van der Waals surface area contributed by atoms with Gasteiger partial charge in [-0.05, 0) is 44.6 Å². The van der Waals surface area contributed by atoms with Crippen molar-refractivity contribution in [3.8, 4) is 0 Å². The fourth-order valence-corrected chi connectivity index (χ4v) is 2.88. The van der Waals surface area contributed by atoms with Gasteiger partial charge in [-0.1, -0.05) is 20.8 Å². The molecule has 1 aliphatic rings. The van der Waals surface area contributed by atoms with Crippen LogP contribution in [-0.4, -0.2) is 37.0 Å². The average molecular weight is 243 g/mol. The maximum atomic E-state index is 9.33. The molecular weight excluding hydrogens is 214 g/mol. The molecule has 2 N–H and O–H groups in total. The van der Waals surface area contributed by atoms with Gasteiger partial charge in [0, 0.05) is 0 Å². The van der Waals surface area contributed by atoms with Crippen LogP contribution >= 0.6 is 0 Å². The van der Waals surface area contributed by atoms with Crippen LogP contribution in [0.25, 0.3) is 0 Å². The second-order valence-corrected chi connectivity index (χ2v) is 6.82. The summed E-state index contributed by atoms with van der Waals surface area (Å²) in [5, 5.41) is 12.5. The molecule has 1 aliphatic carbocycles. The molecule has 3 heteroatoms. The Morgan fingerprint density at radius 3 is 2.53 bits per heavy atom.